The summed E-state index contributed by atoms with van der Waals surface area (Å²) >= 11 is 0. The molecule has 6 aromatic carbocycles. The second-order valence-electron chi connectivity index (χ2n) is 9.58. The molecule has 0 spiro atoms. The lowest BCUT2D eigenvalue weighted by atomic mass is 9.92. The fraction of sp³-hybridized carbons (Fsp3) is 0.0294. The largest absolute Gasteiger partial charge is 0.256 e. The molecule has 37 heavy (non-hydrogen) atoms. The Hall–Kier alpha value is -4.63. The van der Waals surface area contributed by atoms with Crippen LogP contribution in [-0.2, 0) is 0 Å². The van der Waals surface area contributed by atoms with Gasteiger partial charge in [-0.25, -0.2) is 8.78 Å². The molecule has 0 amide bonds. The van der Waals surface area contributed by atoms with Crippen LogP contribution in [0.1, 0.15) is 5.56 Å². The van der Waals surface area contributed by atoms with Crippen molar-refractivity contribution in [1.82, 2.24) is 4.98 Å². The predicted octanol–water partition coefficient (Wildman–Crippen LogP) is 9.62. The summed E-state index contributed by atoms with van der Waals surface area (Å²) in [4.78, 5) is 4.72. The average Bonchev–Trinajstić information content (AvgIpc) is 2.92. The number of aromatic nitrogens is 1. The van der Waals surface area contributed by atoms with Gasteiger partial charge in [0.25, 0.3) is 0 Å². The maximum absolute atomic E-state index is 15.8. The van der Waals surface area contributed by atoms with E-state index >= 15 is 4.39 Å². The molecule has 0 saturated carbocycles. The molecule has 0 bridgehead atoms. The van der Waals surface area contributed by atoms with Crippen LogP contribution in [0.25, 0.3) is 65.5 Å². The smallest absolute Gasteiger partial charge is 0.132 e. The molecule has 176 valence electrons. The first-order valence-corrected chi connectivity index (χ1v) is 12.3. The zero-order chi connectivity index (χ0) is 25.1. The van der Waals surface area contributed by atoms with Gasteiger partial charge in [0.1, 0.15) is 11.6 Å². The van der Waals surface area contributed by atoms with Gasteiger partial charge in [0, 0.05) is 22.5 Å². The van der Waals surface area contributed by atoms with E-state index < -0.39 is 0 Å². The summed E-state index contributed by atoms with van der Waals surface area (Å²) in [5.74, 6) is -0.500. The van der Waals surface area contributed by atoms with Gasteiger partial charge < -0.3 is 0 Å². The molecule has 3 heteroatoms. The van der Waals surface area contributed by atoms with Crippen molar-refractivity contribution >= 4 is 43.1 Å². The van der Waals surface area contributed by atoms with Gasteiger partial charge in [0.05, 0.1) is 5.69 Å². The molecule has 0 aliphatic carbocycles. The van der Waals surface area contributed by atoms with E-state index in [9.17, 15) is 4.39 Å². The van der Waals surface area contributed by atoms with Gasteiger partial charge in [-0.15, -0.1) is 0 Å². The summed E-state index contributed by atoms with van der Waals surface area (Å²) in [7, 11) is 0. The highest BCUT2D eigenvalue weighted by atomic mass is 19.1. The zero-order valence-corrected chi connectivity index (χ0v) is 20.1. The van der Waals surface area contributed by atoms with Crippen molar-refractivity contribution in [3.05, 3.63) is 127 Å². The SMILES string of the molecule is Cc1cc(-c2ccc(F)cc2)cc(-c2nccc3c2ccc2c4ccc5ccccc5c4cc(F)c32)c1. The van der Waals surface area contributed by atoms with Gasteiger partial charge in [0.2, 0.25) is 0 Å². The quantitative estimate of drug-likeness (QED) is 0.224. The van der Waals surface area contributed by atoms with Crippen LogP contribution >= 0.6 is 0 Å². The molecule has 1 aromatic heterocycles. The third kappa shape index (κ3) is 3.47. The Balaban J connectivity index is 1.49. The number of halogens is 2. The van der Waals surface area contributed by atoms with Gasteiger partial charge in [-0.1, -0.05) is 66.7 Å². The topological polar surface area (TPSA) is 12.9 Å². The summed E-state index contributed by atoms with van der Waals surface area (Å²) in [5, 5.41) is 7.31. The van der Waals surface area contributed by atoms with Crippen molar-refractivity contribution < 1.29 is 8.78 Å². The Morgan fingerprint density at radius 1 is 0.541 bits per heavy atom. The van der Waals surface area contributed by atoms with E-state index in [1.807, 2.05) is 43.3 Å². The van der Waals surface area contributed by atoms with Crippen LogP contribution in [0.5, 0.6) is 0 Å². The van der Waals surface area contributed by atoms with Crippen LogP contribution < -0.4 is 0 Å². The van der Waals surface area contributed by atoms with Crippen LogP contribution in [0.3, 0.4) is 0 Å². The number of benzene rings is 6. The second kappa shape index (κ2) is 8.21. The van der Waals surface area contributed by atoms with Crippen LogP contribution in [0.15, 0.2) is 109 Å². The lowest BCUT2D eigenvalue weighted by molar-refractivity contribution is 0.628. The molecule has 0 aliphatic rings. The lowest BCUT2D eigenvalue weighted by Gasteiger charge is -2.14. The average molecular weight is 482 g/mol. The first-order chi connectivity index (χ1) is 18.1. The zero-order valence-electron chi connectivity index (χ0n) is 20.1. The number of nitrogens with zero attached hydrogens (tertiary/aromatic N) is 1. The molecule has 1 nitrogen and oxygen atoms in total. The van der Waals surface area contributed by atoms with Gasteiger partial charge in [-0.3, -0.25) is 4.98 Å². The molecule has 0 fully saturated rings. The van der Waals surface area contributed by atoms with Crippen molar-refractivity contribution in [2.45, 2.75) is 6.92 Å². The van der Waals surface area contributed by atoms with Gasteiger partial charge in [-0.2, -0.15) is 0 Å². The summed E-state index contributed by atoms with van der Waals surface area (Å²) in [5.41, 5.74) is 4.72. The summed E-state index contributed by atoms with van der Waals surface area (Å²) in [6.07, 6.45) is 1.75. The van der Waals surface area contributed by atoms with Crippen LogP contribution in [0, 0.1) is 18.6 Å². The number of rotatable bonds is 2. The number of hydrogen-bond acceptors (Lipinski definition) is 1. The van der Waals surface area contributed by atoms with E-state index in [1.165, 1.54) is 12.1 Å². The Bertz CT molecular complexity index is 2010. The monoisotopic (exact) mass is 481 g/mol. The number of fused-ring (bicyclic) bond motifs is 7. The molecule has 0 saturated heterocycles. The Kier molecular flexibility index (Phi) is 4.80. The van der Waals surface area contributed by atoms with Crippen LogP contribution in [0.4, 0.5) is 8.78 Å². The number of aryl methyl sites for hydroxylation is 1. The molecule has 7 rings (SSSR count). The number of pyridine rings is 1. The van der Waals surface area contributed by atoms with E-state index in [-0.39, 0.29) is 11.6 Å². The second-order valence-corrected chi connectivity index (χ2v) is 9.58. The van der Waals surface area contributed by atoms with E-state index in [0.717, 1.165) is 65.7 Å². The molecular weight excluding hydrogens is 460 g/mol. The van der Waals surface area contributed by atoms with Crippen LogP contribution in [-0.4, -0.2) is 4.98 Å². The summed E-state index contributed by atoms with van der Waals surface area (Å²) in [6, 6.07) is 32.6. The van der Waals surface area contributed by atoms with Gasteiger partial charge >= 0.3 is 0 Å². The van der Waals surface area contributed by atoms with Crippen molar-refractivity contribution in [2.75, 3.05) is 0 Å². The molecule has 0 N–H and O–H groups in total. The highest BCUT2D eigenvalue weighted by Crippen LogP contribution is 2.39. The van der Waals surface area contributed by atoms with Crippen molar-refractivity contribution in [2.24, 2.45) is 0 Å². The fourth-order valence-electron chi connectivity index (χ4n) is 5.58. The van der Waals surface area contributed by atoms with E-state index in [1.54, 1.807) is 24.4 Å². The Labute approximate surface area is 212 Å². The van der Waals surface area contributed by atoms with E-state index in [2.05, 4.69) is 36.4 Å². The first-order valence-electron chi connectivity index (χ1n) is 12.3. The maximum atomic E-state index is 15.8. The minimum Gasteiger partial charge on any atom is -0.256 e. The Morgan fingerprint density at radius 2 is 1.27 bits per heavy atom. The summed E-state index contributed by atoms with van der Waals surface area (Å²) < 4.78 is 29.3. The first kappa shape index (κ1) is 21.6. The van der Waals surface area contributed by atoms with E-state index in [4.69, 9.17) is 4.98 Å². The maximum Gasteiger partial charge on any atom is 0.132 e. The molecule has 0 atom stereocenters. The summed E-state index contributed by atoms with van der Waals surface area (Å²) in [6.45, 7) is 2.03. The minimum atomic E-state index is -0.262. The Morgan fingerprint density at radius 3 is 2.14 bits per heavy atom. The number of hydrogen-bond donors (Lipinski definition) is 0. The fourth-order valence-corrected chi connectivity index (χ4v) is 5.58. The standard InChI is InChI=1S/C34H21F2N/c1-20-16-23(21-6-9-25(35)10-7-21)18-24(17-20)34-30-13-12-28-27-11-8-22-4-2-3-5-26(22)31(27)19-32(36)33(28)29(30)14-15-37-34/h2-19H,1H3. The van der Waals surface area contributed by atoms with Crippen molar-refractivity contribution in [3.63, 3.8) is 0 Å². The van der Waals surface area contributed by atoms with Gasteiger partial charge in [0.15, 0.2) is 0 Å². The molecule has 0 aliphatic heterocycles. The molecule has 0 unspecified atom stereocenters. The van der Waals surface area contributed by atoms with Crippen molar-refractivity contribution in [3.8, 4) is 22.4 Å². The third-order valence-corrected chi connectivity index (χ3v) is 7.24. The van der Waals surface area contributed by atoms with Gasteiger partial charge in [-0.05, 0) is 92.3 Å². The lowest BCUT2D eigenvalue weighted by Crippen LogP contribution is -1.92. The normalized spacial score (nSPS) is 11.6. The molecule has 7 aromatic rings. The molecular formula is C34H21F2N. The predicted molar refractivity (Wildman–Crippen MR) is 150 cm³/mol. The highest BCUT2D eigenvalue weighted by molar-refractivity contribution is 6.23. The minimum absolute atomic E-state index is 0.238. The third-order valence-electron chi connectivity index (χ3n) is 7.24. The van der Waals surface area contributed by atoms with Crippen molar-refractivity contribution in [1.29, 1.82) is 0 Å². The van der Waals surface area contributed by atoms with E-state index in [0.29, 0.717) is 5.39 Å². The molecule has 0 radical (unpaired) electrons. The molecule has 1 heterocycles. The highest BCUT2D eigenvalue weighted by Gasteiger charge is 2.15. The van der Waals surface area contributed by atoms with Crippen LogP contribution in [0.2, 0.25) is 0 Å².